The summed E-state index contributed by atoms with van der Waals surface area (Å²) in [4.78, 5) is 0. The maximum absolute atomic E-state index is 9.38. The molecule has 0 aliphatic carbocycles. The van der Waals surface area contributed by atoms with Gasteiger partial charge in [-0.3, -0.25) is 0 Å². The third-order valence-corrected chi connectivity index (χ3v) is 3.24. The van der Waals surface area contributed by atoms with E-state index in [1.54, 1.807) is 0 Å². The third-order valence-electron chi connectivity index (χ3n) is 3.24. The van der Waals surface area contributed by atoms with Crippen LogP contribution in [0.5, 0.6) is 0 Å². The summed E-state index contributed by atoms with van der Waals surface area (Å²) in [5, 5.41) is 9.38. The number of rotatable bonds is 3. The van der Waals surface area contributed by atoms with Crippen molar-refractivity contribution in [3.05, 3.63) is 70.8 Å². The standard InChI is InChI=1S/C17H17N/c1-13-6-5-8-15(10-13)11-16(12-18)17-9-4-3-7-14(17)2/h3-10,16H,11H2,1-2H3. The maximum atomic E-state index is 9.38. The summed E-state index contributed by atoms with van der Waals surface area (Å²) in [6.07, 6.45) is 0.781. The second kappa shape index (κ2) is 5.51. The molecular weight excluding hydrogens is 218 g/mol. The van der Waals surface area contributed by atoms with Gasteiger partial charge in [0.2, 0.25) is 0 Å². The van der Waals surface area contributed by atoms with Gasteiger partial charge in [0.15, 0.2) is 0 Å². The fraction of sp³-hybridized carbons (Fsp3) is 0.235. The van der Waals surface area contributed by atoms with Crippen molar-refractivity contribution in [2.45, 2.75) is 26.2 Å². The Labute approximate surface area is 109 Å². The van der Waals surface area contributed by atoms with Crippen LogP contribution in [0.4, 0.5) is 0 Å². The lowest BCUT2D eigenvalue weighted by atomic mass is 9.90. The van der Waals surface area contributed by atoms with Gasteiger partial charge in [0.05, 0.1) is 12.0 Å². The highest BCUT2D eigenvalue weighted by atomic mass is 14.3. The summed E-state index contributed by atoms with van der Waals surface area (Å²) in [5.41, 5.74) is 4.80. The SMILES string of the molecule is Cc1cccc(CC(C#N)c2ccccc2C)c1. The van der Waals surface area contributed by atoms with E-state index in [9.17, 15) is 5.26 Å². The second-order valence-corrected chi connectivity index (χ2v) is 4.73. The lowest BCUT2D eigenvalue weighted by molar-refractivity contribution is 0.840. The molecule has 0 radical (unpaired) electrons. The number of nitrogens with zero attached hydrogens (tertiary/aromatic N) is 1. The highest BCUT2D eigenvalue weighted by Crippen LogP contribution is 2.23. The molecule has 0 amide bonds. The Bertz CT molecular complexity index is 578. The molecule has 90 valence electrons. The van der Waals surface area contributed by atoms with Crippen LogP contribution >= 0.6 is 0 Å². The van der Waals surface area contributed by atoms with Crippen molar-refractivity contribution in [1.29, 1.82) is 5.26 Å². The predicted octanol–water partition coefficient (Wildman–Crippen LogP) is 4.15. The minimum atomic E-state index is -0.0620. The van der Waals surface area contributed by atoms with Gasteiger partial charge in [-0.1, -0.05) is 54.1 Å². The molecule has 0 aliphatic rings. The Balaban J connectivity index is 2.26. The number of aryl methyl sites for hydroxylation is 2. The van der Waals surface area contributed by atoms with Crippen molar-refractivity contribution in [2.75, 3.05) is 0 Å². The van der Waals surface area contributed by atoms with Crippen LogP contribution in [0.3, 0.4) is 0 Å². The van der Waals surface area contributed by atoms with Gasteiger partial charge >= 0.3 is 0 Å². The highest BCUT2D eigenvalue weighted by molar-refractivity contribution is 5.35. The molecule has 0 N–H and O–H groups in total. The lowest BCUT2D eigenvalue weighted by Gasteiger charge is -2.12. The van der Waals surface area contributed by atoms with Crippen molar-refractivity contribution in [3.8, 4) is 6.07 Å². The van der Waals surface area contributed by atoms with E-state index in [0.29, 0.717) is 0 Å². The summed E-state index contributed by atoms with van der Waals surface area (Å²) in [6, 6.07) is 18.9. The van der Waals surface area contributed by atoms with Crippen LogP contribution in [0, 0.1) is 25.2 Å². The molecule has 1 unspecified atom stereocenters. The van der Waals surface area contributed by atoms with Gasteiger partial charge < -0.3 is 0 Å². The molecule has 2 aromatic rings. The van der Waals surface area contributed by atoms with Crippen LogP contribution in [0.15, 0.2) is 48.5 Å². The molecule has 18 heavy (non-hydrogen) atoms. The fourth-order valence-corrected chi connectivity index (χ4v) is 2.28. The largest absolute Gasteiger partial charge is 0.198 e. The lowest BCUT2D eigenvalue weighted by Crippen LogP contribution is -2.02. The zero-order valence-electron chi connectivity index (χ0n) is 10.9. The average molecular weight is 235 g/mol. The van der Waals surface area contributed by atoms with Gasteiger partial charge in [-0.15, -0.1) is 0 Å². The molecule has 0 bridgehead atoms. The molecule has 0 heterocycles. The van der Waals surface area contributed by atoms with Crippen molar-refractivity contribution in [1.82, 2.24) is 0 Å². The van der Waals surface area contributed by atoms with Crippen LogP contribution in [0.25, 0.3) is 0 Å². The van der Waals surface area contributed by atoms with E-state index in [0.717, 1.165) is 12.0 Å². The Kier molecular flexibility index (Phi) is 3.79. The van der Waals surface area contributed by atoms with Crippen molar-refractivity contribution >= 4 is 0 Å². The average Bonchev–Trinajstić information content (AvgIpc) is 2.37. The first-order valence-electron chi connectivity index (χ1n) is 6.21. The molecule has 0 aliphatic heterocycles. The first-order chi connectivity index (χ1) is 8.70. The van der Waals surface area contributed by atoms with Crippen LogP contribution in [0.2, 0.25) is 0 Å². The minimum absolute atomic E-state index is 0.0620. The van der Waals surface area contributed by atoms with Crippen molar-refractivity contribution in [2.24, 2.45) is 0 Å². The van der Waals surface area contributed by atoms with Gasteiger partial charge in [0.1, 0.15) is 0 Å². The molecule has 0 saturated heterocycles. The summed E-state index contributed by atoms with van der Waals surface area (Å²) >= 11 is 0. The van der Waals surface area contributed by atoms with Crippen molar-refractivity contribution in [3.63, 3.8) is 0 Å². The highest BCUT2D eigenvalue weighted by Gasteiger charge is 2.13. The summed E-state index contributed by atoms with van der Waals surface area (Å²) < 4.78 is 0. The van der Waals surface area contributed by atoms with Crippen LogP contribution < -0.4 is 0 Å². The van der Waals surface area contributed by atoms with E-state index in [1.807, 2.05) is 12.1 Å². The molecule has 1 nitrogen and oxygen atoms in total. The Morgan fingerprint density at radius 1 is 1.06 bits per heavy atom. The predicted molar refractivity (Wildman–Crippen MR) is 74.4 cm³/mol. The van der Waals surface area contributed by atoms with Crippen molar-refractivity contribution < 1.29 is 0 Å². The third kappa shape index (κ3) is 2.78. The van der Waals surface area contributed by atoms with E-state index in [4.69, 9.17) is 0 Å². The zero-order chi connectivity index (χ0) is 13.0. The Morgan fingerprint density at radius 2 is 1.83 bits per heavy atom. The molecule has 0 fully saturated rings. The Hall–Kier alpha value is -2.07. The molecule has 0 aromatic heterocycles. The van der Waals surface area contributed by atoms with E-state index < -0.39 is 0 Å². The second-order valence-electron chi connectivity index (χ2n) is 4.73. The number of nitriles is 1. The number of benzene rings is 2. The summed E-state index contributed by atoms with van der Waals surface area (Å²) in [5.74, 6) is -0.0620. The normalized spacial score (nSPS) is 11.8. The smallest absolute Gasteiger partial charge is 0.0755 e. The fourth-order valence-electron chi connectivity index (χ4n) is 2.28. The van der Waals surface area contributed by atoms with Gasteiger partial charge in [-0.05, 0) is 37.0 Å². The topological polar surface area (TPSA) is 23.8 Å². The monoisotopic (exact) mass is 235 g/mol. The molecular formula is C17H17N. The van der Waals surface area contributed by atoms with E-state index in [-0.39, 0.29) is 5.92 Å². The summed E-state index contributed by atoms with van der Waals surface area (Å²) in [7, 11) is 0. The van der Waals surface area contributed by atoms with Gasteiger partial charge in [0, 0.05) is 0 Å². The number of hydrogen-bond donors (Lipinski definition) is 0. The van der Waals surface area contributed by atoms with Crippen LogP contribution in [0.1, 0.15) is 28.2 Å². The molecule has 2 rings (SSSR count). The summed E-state index contributed by atoms with van der Waals surface area (Å²) in [6.45, 7) is 4.15. The zero-order valence-corrected chi connectivity index (χ0v) is 10.9. The van der Waals surface area contributed by atoms with Gasteiger partial charge in [-0.2, -0.15) is 5.26 Å². The van der Waals surface area contributed by atoms with Crippen LogP contribution in [-0.4, -0.2) is 0 Å². The van der Waals surface area contributed by atoms with E-state index >= 15 is 0 Å². The van der Waals surface area contributed by atoms with E-state index in [2.05, 4.69) is 56.3 Å². The molecule has 0 saturated carbocycles. The van der Waals surface area contributed by atoms with Gasteiger partial charge in [-0.25, -0.2) is 0 Å². The molecule has 0 spiro atoms. The minimum Gasteiger partial charge on any atom is -0.198 e. The molecule has 1 atom stereocenters. The Morgan fingerprint density at radius 3 is 2.50 bits per heavy atom. The molecule has 2 aromatic carbocycles. The van der Waals surface area contributed by atoms with Gasteiger partial charge in [0.25, 0.3) is 0 Å². The van der Waals surface area contributed by atoms with Crippen LogP contribution in [-0.2, 0) is 6.42 Å². The first kappa shape index (κ1) is 12.4. The maximum Gasteiger partial charge on any atom is 0.0755 e. The quantitative estimate of drug-likeness (QED) is 0.784. The van der Waals surface area contributed by atoms with E-state index in [1.165, 1.54) is 16.7 Å². The first-order valence-corrected chi connectivity index (χ1v) is 6.21. The number of hydrogen-bond acceptors (Lipinski definition) is 1. The molecule has 1 heteroatoms.